The molecule has 0 bridgehead atoms. The van der Waals surface area contributed by atoms with E-state index in [4.69, 9.17) is 0 Å². The molecule has 0 fully saturated rings. The molecule has 1 aromatic heterocycles. The predicted octanol–water partition coefficient (Wildman–Crippen LogP) is 3.36. The molecule has 0 aliphatic carbocycles. The Morgan fingerprint density at radius 2 is 1.81 bits per heavy atom. The third-order valence-corrected chi connectivity index (χ3v) is 5.27. The van der Waals surface area contributed by atoms with Crippen molar-refractivity contribution in [3.05, 3.63) is 77.5 Å². The van der Waals surface area contributed by atoms with Crippen LogP contribution in [0.5, 0.6) is 0 Å². The van der Waals surface area contributed by atoms with Gasteiger partial charge in [-0.3, -0.25) is 9.69 Å². The maximum Gasteiger partial charge on any atom is 0.272 e. The first kappa shape index (κ1) is 16.7. The molecular weight excluding hydrogens is 322 g/mol. The Balaban J connectivity index is 1.50. The van der Waals surface area contributed by atoms with Crippen LogP contribution in [0.1, 0.15) is 21.6 Å². The summed E-state index contributed by atoms with van der Waals surface area (Å²) in [5.41, 5.74) is 4.14. The van der Waals surface area contributed by atoms with Gasteiger partial charge in [0.2, 0.25) is 0 Å². The van der Waals surface area contributed by atoms with Crippen molar-refractivity contribution in [2.45, 2.75) is 19.0 Å². The first-order chi connectivity index (χ1) is 12.6. The minimum atomic E-state index is -0.0250. The number of carbonyl (C=O) groups is 1. The molecule has 1 aliphatic rings. The van der Waals surface area contributed by atoms with E-state index in [9.17, 15) is 4.79 Å². The lowest BCUT2D eigenvalue weighted by Crippen LogP contribution is -2.46. The zero-order chi connectivity index (χ0) is 18.1. The number of pyridine rings is 1. The van der Waals surface area contributed by atoms with E-state index in [1.54, 1.807) is 4.90 Å². The monoisotopic (exact) mass is 345 g/mol. The number of hydrogen-bond acceptors (Lipinski definition) is 3. The van der Waals surface area contributed by atoms with Gasteiger partial charge >= 0.3 is 0 Å². The van der Waals surface area contributed by atoms with Gasteiger partial charge in [0.15, 0.2) is 0 Å². The molecule has 26 heavy (non-hydrogen) atoms. The van der Waals surface area contributed by atoms with Gasteiger partial charge in [-0.2, -0.15) is 0 Å². The Morgan fingerprint density at radius 1 is 1.08 bits per heavy atom. The standard InChI is InChI=1S/C22H23N3O/c1-24-14-18-9-4-3-8-17(18)13-19(24)15-25(2)22(26)21-12-11-16-7-5-6-10-20(16)23-21/h3-12,19H,13-15H2,1-2H3/t19-/m1/s1. The second-order valence-corrected chi connectivity index (χ2v) is 7.12. The minimum Gasteiger partial charge on any atom is -0.339 e. The summed E-state index contributed by atoms with van der Waals surface area (Å²) >= 11 is 0. The fraction of sp³-hybridized carbons (Fsp3) is 0.273. The summed E-state index contributed by atoms with van der Waals surface area (Å²) < 4.78 is 0. The van der Waals surface area contributed by atoms with Crippen molar-refractivity contribution in [2.75, 3.05) is 20.6 Å². The second-order valence-electron chi connectivity index (χ2n) is 7.12. The van der Waals surface area contributed by atoms with Gasteiger partial charge in [-0.15, -0.1) is 0 Å². The number of fused-ring (bicyclic) bond motifs is 2. The predicted molar refractivity (Wildman–Crippen MR) is 104 cm³/mol. The SMILES string of the molecule is CN(C[C@H]1Cc2ccccc2CN1C)C(=O)c1ccc2ccccc2n1. The van der Waals surface area contributed by atoms with Gasteiger partial charge < -0.3 is 4.90 Å². The van der Waals surface area contributed by atoms with E-state index in [1.807, 2.05) is 43.4 Å². The number of nitrogens with zero attached hydrogens (tertiary/aromatic N) is 3. The summed E-state index contributed by atoms with van der Waals surface area (Å²) in [4.78, 5) is 21.5. The molecule has 0 radical (unpaired) electrons. The molecule has 2 heterocycles. The van der Waals surface area contributed by atoms with E-state index < -0.39 is 0 Å². The van der Waals surface area contributed by atoms with E-state index in [-0.39, 0.29) is 5.91 Å². The second kappa shape index (κ2) is 6.89. The lowest BCUT2D eigenvalue weighted by Gasteiger charge is -2.36. The van der Waals surface area contributed by atoms with Gasteiger partial charge in [-0.1, -0.05) is 48.5 Å². The van der Waals surface area contributed by atoms with Crippen molar-refractivity contribution in [1.29, 1.82) is 0 Å². The Labute approximate surface area is 154 Å². The molecule has 0 unspecified atom stereocenters. The summed E-state index contributed by atoms with van der Waals surface area (Å²) in [6, 6.07) is 20.6. The number of likely N-dealkylation sites (N-methyl/N-ethyl adjacent to an activating group) is 2. The molecule has 1 atom stereocenters. The highest BCUT2D eigenvalue weighted by molar-refractivity contribution is 5.94. The van der Waals surface area contributed by atoms with Crippen LogP contribution in [0.2, 0.25) is 0 Å². The number of amides is 1. The van der Waals surface area contributed by atoms with Crippen molar-refractivity contribution in [2.24, 2.45) is 0 Å². The molecule has 0 saturated heterocycles. The van der Waals surface area contributed by atoms with Gasteiger partial charge in [0, 0.05) is 31.6 Å². The highest BCUT2D eigenvalue weighted by atomic mass is 16.2. The zero-order valence-electron chi connectivity index (χ0n) is 15.2. The van der Waals surface area contributed by atoms with Crippen LogP contribution in [0, 0.1) is 0 Å². The van der Waals surface area contributed by atoms with Crippen molar-refractivity contribution in [3.63, 3.8) is 0 Å². The number of benzene rings is 2. The van der Waals surface area contributed by atoms with E-state index >= 15 is 0 Å². The van der Waals surface area contributed by atoms with Gasteiger partial charge in [0.25, 0.3) is 5.91 Å². The summed E-state index contributed by atoms with van der Waals surface area (Å²) in [5.74, 6) is -0.0250. The Morgan fingerprint density at radius 3 is 2.65 bits per heavy atom. The third-order valence-electron chi connectivity index (χ3n) is 5.27. The van der Waals surface area contributed by atoms with E-state index in [1.165, 1.54) is 11.1 Å². The van der Waals surface area contributed by atoms with E-state index in [0.717, 1.165) is 23.9 Å². The quantitative estimate of drug-likeness (QED) is 0.730. The topological polar surface area (TPSA) is 36.4 Å². The smallest absolute Gasteiger partial charge is 0.272 e. The Kier molecular flexibility index (Phi) is 4.43. The molecule has 132 valence electrons. The molecule has 4 heteroatoms. The number of aromatic nitrogens is 1. The molecule has 1 aliphatic heterocycles. The zero-order valence-corrected chi connectivity index (χ0v) is 15.2. The van der Waals surface area contributed by atoms with Gasteiger partial charge in [-0.05, 0) is 36.7 Å². The van der Waals surface area contributed by atoms with Crippen LogP contribution in [0.4, 0.5) is 0 Å². The van der Waals surface area contributed by atoms with Crippen LogP contribution in [0.25, 0.3) is 10.9 Å². The number of carbonyl (C=O) groups excluding carboxylic acids is 1. The third kappa shape index (κ3) is 3.20. The largest absolute Gasteiger partial charge is 0.339 e. The highest BCUT2D eigenvalue weighted by Crippen LogP contribution is 2.22. The summed E-state index contributed by atoms with van der Waals surface area (Å²) in [6.07, 6.45) is 0.968. The van der Waals surface area contributed by atoms with Crippen LogP contribution >= 0.6 is 0 Å². The maximum absolute atomic E-state index is 12.9. The van der Waals surface area contributed by atoms with Crippen LogP contribution < -0.4 is 0 Å². The summed E-state index contributed by atoms with van der Waals surface area (Å²) in [6.45, 7) is 1.62. The first-order valence-electron chi connectivity index (χ1n) is 9.00. The average Bonchev–Trinajstić information content (AvgIpc) is 2.67. The van der Waals surface area contributed by atoms with Gasteiger partial charge in [0.1, 0.15) is 5.69 Å². The first-order valence-corrected chi connectivity index (χ1v) is 9.00. The Hall–Kier alpha value is -2.72. The molecule has 2 aromatic carbocycles. The molecule has 3 aromatic rings. The lowest BCUT2D eigenvalue weighted by molar-refractivity contribution is 0.0728. The number of hydrogen-bond donors (Lipinski definition) is 0. The molecule has 4 rings (SSSR count). The van der Waals surface area contributed by atoms with Gasteiger partial charge in [-0.25, -0.2) is 4.98 Å². The van der Waals surface area contributed by atoms with Crippen LogP contribution in [-0.2, 0) is 13.0 Å². The van der Waals surface area contributed by atoms with E-state index in [0.29, 0.717) is 18.3 Å². The van der Waals surface area contributed by atoms with Crippen molar-refractivity contribution in [1.82, 2.24) is 14.8 Å². The van der Waals surface area contributed by atoms with Crippen molar-refractivity contribution in [3.8, 4) is 0 Å². The van der Waals surface area contributed by atoms with E-state index in [2.05, 4.69) is 41.2 Å². The van der Waals surface area contributed by atoms with Gasteiger partial charge in [0.05, 0.1) is 5.52 Å². The molecule has 1 amide bonds. The molecule has 4 nitrogen and oxygen atoms in total. The molecule has 0 spiro atoms. The molecular formula is C22H23N3O. The maximum atomic E-state index is 12.9. The average molecular weight is 345 g/mol. The summed E-state index contributed by atoms with van der Waals surface area (Å²) in [5, 5.41) is 1.05. The summed E-state index contributed by atoms with van der Waals surface area (Å²) in [7, 11) is 4.00. The van der Waals surface area contributed by atoms with Crippen molar-refractivity contribution >= 4 is 16.8 Å². The minimum absolute atomic E-state index is 0.0250. The Bertz CT molecular complexity index is 953. The normalized spacial score (nSPS) is 17.1. The fourth-order valence-corrected chi connectivity index (χ4v) is 3.70. The number of para-hydroxylation sites is 1. The van der Waals surface area contributed by atoms with Crippen LogP contribution in [0.3, 0.4) is 0 Å². The highest BCUT2D eigenvalue weighted by Gasteiger charge is 2.26. The molecule has 0 N–H and O–H groups in total. The van der Waals surface area contributed by atoms with Crippen LogP contribution in [0.15, 0.2) is 60.7 Å². The fourth-order valence-electron chi connectivity index (χ4n) is 3.70. The van der Waals surface area contributed by atoms with Crippen LogP contribution in [-0.4, -0.2) is 47.4 Å². The molecule has 0 saturated carbocycles. The van der Waals surface area contributed by atoms with Crippen molar-refractivity contribution < 1.29 is 4.79 Å². The lowest BCUT2D eigenvalue weighted by atomic mass is 9.94. The number of rotatable bonds is 3.